The number of urea groups is 1. The van der Waals surface area contributed by atoms with Gasteiger partial charge in [0.15, 0.2) is 0 Å². The van der Waals surface area contributed by atoms with Crippen molar-refractivity contribution in [1.82, 2.24) is 24.6 Å². The number of rotatable bonds is 7. The molecule has 8 nitrogen and oxygen atoms in total. The Labute approximate surface area is 205 Å². The summed E-state index contributed by atoms with van der Waals surface area (Å²) < 4.78 is 28.9. The number of carbonyl (C=O) groups excluding carboxylic acids is 1. The first-order valence-electron chi connectivity index (χ1n) is 11.5. The lowest BCUT2D eigenvalue weighted by atomic mass is 10.1. The normalized spacial score (nSPS) is 11.5. The van der Waals surface area contributed by atoms with Gasteiger partial charge >= 0.3 is 6.03 Å². The summed E-state index contributed by atoms with van der Waals surface area (Å²) in [6.07, 6.45) is 1.35. The summed E-state index contributed by atoms with van der Waals surface area (Å²) in [5.74, 6) is 0.969. The van der Waals surface area contributed by atoms with Gasteiger partial charge in [-0.1, -0.05) is 36.8 Å². The van der Waals surface area contributed by atoms with E-state index < -0.39 is 16.1 Å². The van der Waals surface area contributed by atoms with Gasteiger partial charge in [0, 0.05) is 24.3 Å². The van der Waals surface area contributed by atoms with Crippen LogP contribution >= 0.6 is 0 Å². The Balaban J connectivity index is 1.41. The number of pyridine rings is 1. The molecule has 2 aromatic carbocycles. The van der Waals surface area contributed by atoms with Crippen LogP contribution in [0.4, 0.5) is 4.79 Å². The number of hydrogen-bond donors (Lipinski definition) is 2. The van der Waals surface area contributed by atoms with Crippen LogP contribution in [-0.2, 0) is 22.9 Å². The fourth-order valence-corrected chi connectivity index (χ4v) is 4.99. The molecule has 0 spiro atoms. The molecule has 4 rings (SSSR count). The number of amides is 2. The zero-order valence-electron chi connectivity index (χ0n) is 20.3. The number of nitrogens with zero attached hydrogens (tertiary/aromatic N) is 3. The lowest BCUT2D eigenvalue weighted by Gasteiger charge is -2.11. The highest BCUT2D eigenvalue weighted by atomic mass is 32.2. The first-order chi connectivity index (χ1) is 16.7. The van der Waals surface area contributed by atoms with Crippen molar-refractivity contribution in [3.63, 3.8) is 0 Å². The molecule has 0 saturated carbocycles. The van der Waals surface area contributed by atoms with Crippen LogP contribution in [0, 0.1) is 20.8 Å². The van der Waals surface area contributed by atoms with Crippen LogP contribution < -0.4 is 10.0 Å². The highest BCUT2D eigenvalue weighted by Crippen LogP contribution is 2.25. The Morgan fingerprint density at radius 3 is 2.31 bits per heavy atom. The Morgan fingerprint density at radius 1 is 0.971 bits per heavy atom. The van der Waals surface area contributed by atoms with Gasteiger partial charge in [0.1, 0.15) is 5.82 Å². The molecule has 182 valence electrons. The fraction of sp³-hybridized carbons (Fsp3) is 0.269. The van der Waals surface area contributed by atoms with E-state index in [4.69, 9.17) is 4.98 Å². The van der Waals surface area contributed by atoms with Gasteiger partial charge in [-0.25, -0.2) is 22.9 Å². The molecule has 9 heteroatoms. The molecular formula is C26H29N5O3S. The summed E-state index contributed by atoms with van der Waals surface area (Å²) in [6.45, 7) is 8.21. The Bertz CT molecular complexity index is 1470. The van der Waals surface area contributed by atoms with Gasteiger partial charge in [-0.3, -0.25) is 9.55 Å². The SMILES string of the molecule is CCc1nc2cc(C)nc(C)c2n1-c1ccc(CCNC(=O)NS(=O)(=O)c2ccc(C)cc2)cc1. The predicted molar refractivity (Wildman–Crippen MR) is 136 cm³/mol. The van der Waals surface area contributed by atoms with Gasteiger partial charge in [-0.05, 0) is 63.1 Å². The van der Waals surface area contributed by atoms with Crippen molar-refractivity contribution in [3.05, 3.63) is 82.9 Å². The molecule has 0 fully saturated rings. The summed E-state index contributed by atoms with van der Waals surface area (Å²) in [5, 5.41) is 2.61. The van der Waals surface area contributed by atoms with Crippen LogP contribution in [0.3, 0.4) is 0 Å². The van der Waals surface area contributed by atoms with E-state index >= 15 is 0 Å². The highest BCUT2D eigenvalue weighted by Gasteiger charge is 2.17. The molecular weight excluding hydrogens is 462 g/mol. The second-order valence-electron chi connectivity index (χ2n) is 8.52. The third kappa shape index (κ3) is 5.35. The highest BCUT2D eigenvalue weighted by molar-refractivity contribution is 7.90. The molecule has 0 saturated heterocycles. The maximum Gasteiger partial charge on any atom is 0.328 e. The minimum Gasteiger partial charge on any atom is -0.337 e. The third-order valence-corrected chi connectivity index (χ3v) is 7.12. The molecule has 2 aromatic heterocycles. The first kappa shape index (κ1) is 24.4. The molecule has 0 bridgehead atoms. The van der Waals surface area contributed by atoms with E-state index in [1.165, 1.54) is 12.1 Å². The largest absolute Gasteiger partial charge is 0.337 e. The number of imidazole rings is 1. The summed E-state index contributed by atoms with van der Waals surface area (Å²) in [4.78, 5) is 21.6. The van der Waals surface area contributed by atoms with Gasteiger partial charge < -0.3 is 5.32 Å². The minimum absolute atomic E-state index is 0.0490. The summed E-state index contributed by atoms with van der Waals surface area (Å²) in [5.41, 5.74) is 6.78. The molecule has 2 amide bonds. The molecule has 0 atom stereocenters. The summed E-state index contributed by atoms with van der Waals surface area (Å²) in [6, 6.07) is 15.6. The van der Waals surface area contributed by atoms with E-state index in [9.17, 15) is 13.2 Å². The van der Waals surface area contributed by atoms with Gasteiger partial charge in [0.2, 0.25) is 0 Å². The zero-order valence-corrected chi connectivity index (χ0v) is 21.1. The van der Waals surface area contributed by atoms with Crippen LogP contribution in [-0.4, -0.2) is 35.5 Å². The van der Waals surface area contributed by atoms with Crippen molar-refractivity contribution >= 4 is 27.1 Å². The second kappa shape index (κ2) is 9.87. The first-order valence-corrected chi connectivity index (χ1v) is 13.0. The predicted octanol–water partition coefficient (Wildman–Crippen LogP) is 4.14. The molecule has 35 heavy (non-hydrogen) atoms. The van der Waals surface area contributed by atoms with Crippen molar-refractivity contribution in [3.8, 4) is 5.69 Å². The van der Waals surface area contributed by atoms with Crippen LogP contribution in [0.2, 0.25) is 0 Å². The van der Waals surface area contributed by atoms with Crippen molar-refractivity contribution in [2.75, 3.05) is 6.54 Å². The number of aromatic nitrogens is 3. The molecule has 2 N–H and O–H groups in total. The number of nitrogens with one attached hydrogen (secondary N) is 2. The van der Waals surface area contributed by atoms with Gasteiger partial charge in [-0.2, -0.15) is 0 Å². The number of aryl methyl sites for hydroxylation is 4. The van der Waals surface area contributed by atoms with Crippen LogP contribution in [0.1, 0.15) is 35.3 Å². The van der Waals surface area contributed by atoms with E-state index in [1.807, 2.05) is 51.1 Å². The Hall–Kier alpha value is -3.72. The number of hydrogen-bond acceptors (Lipinski definition) is 5. The summed E-state index contributed by atoms with van der Waals surface area (Å²) >= 11 is 0. The quantitative estimate of drug-likeness (QED) is 0.404. The van der Waals surface area contributed by atoms with Crippen molar-refractivity contribution < 1.29 is 13.2 Å². The Kier molecular flexibility index (Phi) is 6.88. The van der Waals surface area contributed by atoms with Gasteiger partial charge in [0.05, 0.1) is 21.6 Å². The molecule has 0 aliphatic heterocycles. The lowest BCUT2D eigenvalue weighted by Crippen LogP contribution is -2.40. The smallest absolute Gasteiger partial charge is 0.328 e. The maximum atomic E-state index is 12.3. The standard InChI is InChI=1S/C26H29N5O3S/c1-5-24-29-23-16-18(3)28-19(4)25(23)31(24)21-10-8-20(9-11-21)14-15-27-26(32)30-35(33,34)22-12-6-17(2)7-13-22/h6-13,16H,5,14-15H2,1-4H3,(H2,27,30,32). The van der Waals surface area contributed by atoms with Gasteiger partial charge in [0.25, 0.3) is 10.0 Å². The monoisotopic (exact) mass is 491 g/mol. The topological polar surface area (TPSA) is 106 Å². The van der Waals surface area contributed by atoms with Crippen molar-refractivity contribution in [1.29, 1.82) is 0 Å². The Morgan fingerprint density at radius 2 is 1.66 bits per heavy atom. The van der Waals surface area contributed by atoms with E-state index in [-0.39, 0.29) is 4.90 Å². The van der Waals surface area contributed by atoms with Crippen molar-refractivity contribution in [2.24, 2.45) is 0 Å². The third-order valence-electron chi connectivity index (χ3n) is 5.77. The summed E-state index contributed by atoms with van der Waals surface area (Å²) in [7, 11) is -3.91. The zero-order chi connectivity index (χ0) is 25.2. The second-order valence-corrected chi connectivity index (χ2v) is 10.2. The number of sulfonamides is 1. The van der Waals surface area contributed by atoms with Crippen molar-refractivity contribution in [2.45, 2.75) is 45.4 Å². The van der Waals surface area contributed by atoms with E-state index in [0.29, 0.717) is 13.0 Å². The molecule has 0 radical (unpaired) electrons. The van der Waals surface area contributed by atoms with Crippen LogP contribution in [0.25, 0.3) is 16.7 Å². The van der Waals surface area contributed by atoms with E-state index in [0.717, 1.165) is 51.5 Å². The van der Waals surface area contributed by atoms with Crippen LogP contribution in [0.15, 0.2) is 59.5 Å². The fourth-order valence-electron chi connectivity index (χ4n) is 4.06. The number of carbonyl (C=O) groups is 1. The van der Waals surface area contributed by atoms with Gasteiger partial charge in [-0.15, -0.1) is 0 Å². The average Bonchev–Trinajstić information content (AvgIpc) is 3.18. The number of fused-ring (bicyclic) bond motifs is 1. The molecule has 0 aliphatic carbocycles. The minimum atomic E-state index is -3.91. The molecule has 0 unspecified atom stereocenters. The maximum absolute atomic E-state index is 12.3. The molecule has 0 aliphatic rings. The van der Waals surface area contributed by atoms with E-state index in [2.05, 4.69) is 26.5 Å². The number of benzene rings is 2. The van der Waals surface area contributed by atoms with Crippen LogP contribution in [0.5, 0.6) is 0 Å². The molecule has 2 heterocycles. The molecule has 4 aromatic rings. The average molecular weight is 492 g/mol. The lowest BCUT2D eigenvalue weighted by molar-refractivity contribution is 0.246. The van der Waals surface area contributed by atoms with E-state index in [1.54, 1.807) is 12.1 Å².